The van der Waals surface area contributed by atoms with Gasteiger partial charge in [0.2, 0.25) is 0 Å². The number of nitrogens with zero attached hydrogens (tertiary/aromatic N) is 2. The van der Waals surface area contributed by atoms with E-state index in [0.29, 0.717) is 29.7 Å². The number of nitrogens with one attached hydrogen (secondary N) is 1. The lowest BCUT2D eigenvalue weighted by Gasteiger charge is -2.38. The molecule has 1 N–H and O–H groups in total. The van der Waals surface area contributed by atoms with E-state index >= 15 is 0 Å². The Hall–Kier alpha value is -2.20. The summed E-state index contributed by atoms with van der Waals surface area (Å²) < 4.78 is 56.1. The first kappa shape index (κ1) is 28.3. The predicted molar refractivity (Wildman–Crippen MR) is 151 cm³/mol. The molecular formula is C30H40F3N3O2Si-. The summed E-state index contributed by atoms with van der Waals surface area (Å²) in [5, 5.41) is 8.82. The molecule has 0 unspecified atom stereocenters. The smallest absolute Gasteiger partial charge is 0.376 e. The standard InChI is InChI=1S/C30H40F3N3O2Si/c1-39(2,3)16-15-37-21-36-28(22-9-10-22)26-18-25(30(31,32)33)17-23(27(26)35-36)19-38-20-29(11-13-34-14-12-29)24-7-5-4-6-8-24/h4-8,17-18,22,34H,9-16,19-21H2,1-3H3/q-1. The fourth-order valence-electron chi connectivity index (χ4n) is 5.58. The van der Waals surface area contributed by atoms with Crippen molar-refractivity contribution in [2.45, 2.75) is 82.2 Å². The molecule has 1 saturated heterocycles. The maximum atomic E-state index is 14.0. The van der Waals surface area contributed by atoms with Crippen molar-refractivity contribution in [1.29, 1.82) is 0 Å². The highest BCUT2D eigenvalue weighted by Crippen LogP contribution is 2.45. The highest BCUT2D eigenvalue weighted by atomic mass is 28.3. The Bertz CT molecular complexity index is 1260. The number of ether oxygens (including phenoxy) is 2. The molecule has 0 amide bonds. The second-order valence-electron chi connectivity index (χ2n) is 12.4. The summed E-state index contributed by atoms with van der Waals surface area (Å²) in [4.78, 5) is 0. The molecule has 1 saturated carbocycles. The van der Waals surface area contributed by atoms with Crippen LogP contribution in [0.25, 0.3) is 10.9 Å². The Morgan fingerprint density at radius 1 is 1.05 bits per heavy atom. The number of halogens is 3. The molecule has 39 heavy (non-hydrogen) atoms. The third-order valence-corrected chi connectivity index (χ3v) is 9.75. The molecule has 3 aromatic rings. The molecule has 0 radical (unpaired) electrons. The molecule has 213 valence electrons. The van der Waals surface area contributed by atoms with Crippen molar-refractivity contribution < 1.29 is 22.6 Å². The van der Waals surface area contributed by atoms with Gasteiger partial charge < -0.3 is 14.8 Å². The van der Waals surface area contributed by atoms with Crippen molar-refractivity contribution >= 4 is 19.0 Å². The van der Waals surface area contributed by atoms with Gasteiger partial charge in [-0.3, -0.25) is 0 Å². The number of fused-ring (bicyclic) bond motifs is 1. The van der Waals surface area contributed by atoms with E-state index in [1.807, 2.05) is 18.2 Å². The largest absolute Gasteiger partial charge is 0.416 e. The molecule has 5 nitrogen and oxygen atoms in total. The second kappa shape index (κ2) is 11.3. The lowest BCUT2D eigenvalue weighted by Crippen LogP contribution is -2.43. The molecule has 1 aliphatic heterocycles. The van der Waals surface area contributed by atoms with Gasteiger partial charge in [-0.2, -0.15) is 37.9 Å². The lowest BCUT2D eigenvalue weighted by molar-refractivity contribution is -0.137. The zero-order valence-electron chi connectivity index (χ0n) is 23.2. The molecule has 9 heteroatoms. The number of rotatable bonds is 11. The number of aromatic nitrogens is 2. The summed E-state index contributed by atoms with van der Waals surface area (Å²) in [5.41, 5.74) is 2.36. The highest BCUT2D eigenvalue weighted by Gasteiger charge is 2.37. The van der Waals surface area contributed by atoms with E-state index in [4.69, 9.17) is 14.6 Å². The van der Waals surface area contributed by atoms with E-state index in [9.17, 15) is 13.2 Å². The van der Waals surface area contributed by atoms with Crippen molar-refractivity contribution in [2.24, 2.45) is 0 Å². The average molecular weight is 560 g/mol. The fraction of sp³-hybridized carbons (Fsp3) is 0.567. The average Bonchev–Trinajstić information content (AvgIpc) is 3.66. The number of benzene rings is 2. The maximum absolute atomic E-state index is 14.0. The van der Waals surface area contributed by atoms with Crippen molar-refractivity contribution in [3.05, 3.63) is 64.8 Å². The maximum Gasteiger partial charge on any atom is 0.416 e. The Morgan fingerprint density at radius 3 is 2.41 bits per heavy atom. The van der Waals surface area contributed by atoms with E-state index in [1.165, 1.54) is 17.7 Å². The third kappa shape index (κ3) is 6.76. The van der Waals surface area contributed by atoms with Gasteiger partial charge in [-0.15, -0.1) is 14.1 Å². The van der Waals surface area contributed by atoms with Gasteiger partial charge in [0.05, 0.1) is 30.0 Å². The molecular weight excluding hydrogens is 519 g/mol. The Morgan fingerprint density at radius 2 is 1.77 bits per heavy atom. The minimum Gasteiger partial charge on any atom is -0.376 e. The predicted octanol–water partition coefficient (Wildman–Crippen LogP) is 7.08. The van der Waals surface area contributed by atoms with Crippen LogP contribution in [0.4, 0.5) is 13.2 Å². The minimum atomic E-state index is -4.44. The van der Waals surface area contributed by atoms with E-state index in [1.54, 1.807) is 4.68 Å². The number of hydrogen-bond donors (Lipinski definition) is 1. The summed E-state index contributed by atoms with van der Waals surface area (Å²) >= 11 is 0. The number of piperidine rings is 1. The molecule has 0 spiro atoms. The van der Waals surface area contributed by atoms with Crippen LogP contribution in [0.1, 0.15) is 54.0 Å². The normalized spacial score (nSPS) is 18.1. The van der Waals surface area contributed by atoms with Crippen LogP contribution in [-0.2, 0) is 34.4 Å². The topological polar surface area (TPSA) is 48.3 Å². The molecule has 2 aromatic carbocycles. The van der Waals surface area contributed by atoms with Crippen LogP contribution in [0.2, 0.25) is 25.7 Å². The minimum absolute atomic E-state index is 0.0834. The van der Waals surface area contributed by atoms with Gasteiger partial charge in [-0.05, 0) is 56.5 Å². The monoisotopic (exact) mass is 559 g/mol. The van der Waals surface area contributed by atoms with Crippen LogP contribution in [0.15, 0.2) is 42.5 Å². The van der Waals surface area contributed by atoms with Crippen molar-refractivity contribution in [3.63, 3.8) is 0 Å². The van der Waals surface area contributed by atoms with Crippen LogP contribution in [0, 0.1) is 0 Å². The first-order chi connectivity index (χ1) is 18.6. The van der Waals surface area contributed by atoms with Crippen LogP contribution in [-0.4, -0.2) is 44.2 Å². The molecule has 1 aromatic heterocycles. The first-order valence-electron chi connectivity index (χ1n) is 14.1. The zero-order valence-corrected chi connectivity index (χ0v) is 24.2. The van der Waals surface area contributed by atoms with Gasteiger partial charge in [0, 0.05) is 28.9 Å². The summed E-state index contributed by atoms with van der Waals surface area (Å²) in [5.74, 6) is 0.226. The van der Waals surface area contributed by atoms with Gasteiger partial charge in [-0.1, -0.05) is 30.3 Å². The molecule has 1 aliphatic carbocycles. The lowest BCUT2D eigenvalue weighted by atomic mass is 9.74. The number of hydrogen-bond acceptors (Lipinski definition) is 4. The second-order valence-corrected chi connectivity index (χ2v) is 18.0. The first-order valence-corrected chi connectivity index (χ1v) is 17.8. The molecule has 0 bridgehead atoms. The molecule has 2 heterocycles. The third-order valence-electron chi connectivity index (χ3n) is 8.05. The molecule has 0 atom stereocenters. The van der Waals surface area contributed by atoms with Crippen LogP contribution in [0.5, 0.6) is 0 Å². The quantitative estimate of drug-likeness (QED) is 0.201. The van der Waals surface area contributed by atoms with E-state index < -0.39 is 19.8 Å². The van der Waals surface area contributed by atoms with Gasteiger partial charge in [0.1, 0.15) is 6.73 Å². The Kier molecular flexibility index (Phi) is 8.24. The van der Waals surface area contributed by atoms with Crippen molar-refractivity contribution in [1.82, 2.24) is 15.1 Å². The highest BCUT2D eigenvalue weighted by molar-refractivity contribution is 6.76. The van der Waals surface area contributed by atoms with Crippen LogP contribution >= 0.6 is 0 Å². The van der Waals surface area contributed by atoms with Crippen molar-refractivity contribution in [3.8, 4) is 0 Å². The summed E-state index contributed by atoms with van der Waals surface area (Å²) in [6.07, 6.45) is -0.675. The van der Waals surface area contributed by atoms with E-state index in [2.05, 4.69) is 37.1 Å². The van der Waals surface area contributed by atoms with E-state index in [0.717, 1.165) is 50.5 Å². The molecule has 2 fully saturated rings. The van der Waals surface area contributed by atoms with Crippen molar-refractivity contribution in [2.75, 3.05) is 26.3 Å². The van der Waals surface area contributed by atoms with Gasteiger partial charge in [0.25, 0.3) is 0 Å². The zero-order chi connectivity index (χ0) is 27.7. The summed E-state index contributed by atoms with van der Waals surface area (Å²) in [6, 6.07) is 13.9. The number of alkyl halides is 3. The fourth-order valence-corrected chi connectivity index (χ4v) is 6.34. The Balaban J connectivity index is 1.42. The van der Waals surface area contributed by atoms with Gasteiger partial charge >= 0.3 is 6.18 Å². The molecule has 5 rings (SSSR count). The Labute approximate surface area is 230 Å². The van der Waals surface area contributed by atoms with Gasteiger partial charge in [0.15, 0.2) is 0 Å². The van der Waals surface area contributed by atoms with Gasteiger partial charge in [-0.25, -0.2) is 4.68 Å². The SMILES string of the molecule is C[Si-](C)(C)CCOCn1nc2c(COCC3(c4ccccc4)CCNCC3)cc(C(F)(F)F)cc2c1C1CC1. The van der Waals surface area contributed by atoms with E-state index in [-0.39, 0.29) is 24.7 Å². The van der Waals surface area contributed by atoms with Crippen LogP contribution < -0.4 is 5.32 Å². The molecule has 2 aliphatic rings. The summed E-state index contributed by atoms with van der Waals surface area (Å²) in [7, 11) is -1.25. The van der Waals surface area contributed by atoms with Crippen LogP contribution in [0.3, 0.4) is 0 Å². The summed E-state index contributed by atoms with van der Waals surface area (Å²) in [6.45, 7) is 10.1.